The van der Waals surface area contributed by atoms with Crippen molar-refractivity contribution in [1.82, 2.24) is 15.3 Å². The second-order valence-electron chi connectivity index (χ2n) is 3.83. The molecule has 6 nitrogen and oxygen atoms in total. The number of nitrogens with one attached hydrogen (secondary N) is 3. The number of rotatable bonds is 5. The summed E-state index contributed by atoms with van der Waals surface area (Å²) in [6.07, 6.45) is 2.64. The Balaban J connectivity index is 1.95. The zero-order valence-electron chi connectivity index (χ0n) is 9.56. The summed E-state index contributed by atoms with van der Waals surface area (Å²) in [7, 11) is 0. The summed E-state index contributed by atoms with van der Waals surface area (Å²) in [6.45, 7) is 1.08. The van der Waals surface area contributed by atoms with Crippen molar-refractivity contribution in [2.24, 2.45) is 0 Å². The molecule has 94 valence electrons. The molecule has 2 aromatic rings. The number of aromatic nitrogens is 2. The van der Waals surface area contributed by atoms with E-state index < -0.39 is 5.97 Å². The molecule has 0 unspecified atom stereocenters. The molecule has 18 heavy (non-hydrogen) atoms. The molecule has 0 saturated heterocycles. The molecule has 0 atom stereocenters. The number of aliphatic carboxylic acids is 1. The van der Waals surface area contributed by atoms with Crippen molar-refractivity contribution in [3.05, 3.63) is 46.4 Å². The van der Waals surface area contributed by atoms with Gasteiger partial charge in [0.1, 0.15) is 0 Å². The second-order valence-corrected chi connectivity index (χ2v) is 3.83. The van der Waals surface area contributed by atoms with Gasteiger partial charge in [0, 0.05) is 19.2 Å². The molecule has 0 saturated carbocycles. The van der Waals surface area contributed by atoms with E-state index in [1.807, 2.05) is 18.2 Å². The first-order chi connectivity index (χ1) is 8.65. The maximum atomic E-state index is 11.1. The van der Waals surface area contributed by atoms with Crippen molar-refractivity contribution in [1.29, 1.82) is 0 Å². The predicted molar refractivity (Wildman–Crippen MR) is 67.4 cm³/mol. The van der Waals surface area contributed by atoms with E-state index >= 15 is 0 Å². The quantitative estimate of drug-likeness (QED) is 0.459. The fraction of sp³-hybridized carbons (Fsp3) is 0.167. The van der Waals surface area contributed by atoms with Crippen LogP contribution in [0, 0.1) is 0 Å². The van der Waals surface area contributed by atoms with Crippen molar-refractivity contribution in [3.8, 4) is 0 Å². The van der Waals surface area contributed by atoms with E-state index in [9.17, 15) is 9.59 Å². The van der Waals surface area contributed by atoms with Crippen molar-refractivity contribution in [3.63, 3.8) is 0 Å². The Morgan fingerprint density at radius 3 is 2.89 bits per heavy atom. The van der Waals surface area contributed by atoms with Gasteiger partial charge in [0.15, 0.2) is 0 Å². The van der Waals surface area contributed by atoms with Crippen LogP contribution in [0.3, 0.4) is 0 Å². The minimum Gasteiger partial charge on any atom is -0.478 e. The Hall–Kier alpha value is -2.34. The van der Waals surface area contributed by atoms with Crippen LogP contribution in [0.15, 0.2) is 35.1 Å². The van der Waals surface area contributed by atoms with Crippen LogP contribution in [0.25, 0.3) is 11.0 Å². The van der Waals surface area contributed by atoms with E-state index in [0.29, 0.717) is 13.1 Å². The molecular formula is C12H13N3O3. The zero-order valence-corrected chi connectivity index (χ0v) is 9.56. The van der Waals surface area contributed by atoms with Crippen LogP contribution in [0.1, 0.15) is 5.56 Å². The predicted octanol–water partition coefficient (Wildman–Crippen LogP) is 0.587. The van der Waals surface area contributed by atoms with Gasteiger partial charge in [-0.25, -0.2) is 9.59 Å². The van der Waals surface area contributed by atoms with E-state index in [-0.39, 0.29) is 5.69 Å². The Bertz CT molecular complexity index is 639. The summed E-state index contributed by atoms with van der Waals surface area (Å²) < 4.78 is 0. The number of aromatic amines is 2. The first-order valence-electron chi connectivity index (χ1n) is 5.46. The lowest BCUT2D eigenvalue weighted by molar-refractivity contribution is -0.131. The molecule has 0 aliphatic heterocycles. The number of carbonyl (C=O) groups is 1. The SMILES string of the molecule is O=C(O)/C=C/CNCc1ccc2[nH]c(=O)[nH]c2c1. The number of benzene rings is 1. The van der Waals surface area contributed by atoms with Gasteiger partial charge >= 0.3 is 11.7 Å². The molecule has 4 N–H and O–H groups in total. The van der Waals surface area contributed by atoms with Crippen LogP contribution >= 0.6 is 0 Å². The Kier molecular flexibility index (Phi) is 3.59. The van der Waals surface area contributed by atoms with Gasteiger partial charge < -0.3 is 20.4 Å². The molecule has 2 rings (SSSR count). The van der Waals surface area contributed by atoms with E-state index in [2.05, 4.69) is 15.3 Å². The smallest absolute Gasteiger partial charge is 0.328 e. The molecule has 0 aliphatic carbocycles. The Labute approximate surface area is 102 Å². The molecule has 0 amide bonds. The summed E-state index contributed by atoms with van der Waals surface area (Å²) in [4.78, 5) is 26.7. The molecular weight excluding hydrogens is 234 g/mol. The van der Waals surface area contributed by atoms with E-state index in [0.717, 1.165) is 22.7 Å². The van der Waals surface area contributed by atoms with Gasteiger partial charge in [0.2, 0.25) is 0 Å². The third-order valence-electron chi connectivity index (χ3n) is 2.43. The molecule has 0 aliphatic rings. The summed E-state index contributed by atoms with van der Waals surface area (Å²) in [6, 6.07) is 5.61. The summed E-state index contributed by atoms with van der Waals surface area (Å²) in [5.41, 5.74) is 2.33. The lowest BCUT2D eigenvalue weighted by Gasteiger charge is -2.01. The van der Waals surface area contributed by atoms with E-state index in [1.165, 1.54) is 0 Å². The fourth-order valence-electron chi connectivity index (χ4n) is 1.65. The lowest BCUT2D eigenvalue weighted by Crippen LogP contribution is -2.13. The molecule has 0 spiro atoms. The molecule has 1 heterocycles. The largest absolute Gasteiger partial charge is 0.478 e. The topological polar surface area (TPSA) is 98.0 Å². The lowest BCUT2D eigenvalue weighted by atomic mass is 10.2. The van der Waals surface area contributed by atoms with E-state index in [4.69, 9.17) is 5.11 Å². The highest BCUT2D eigenvalue weighted by Crippen LogP contribution is 2.09. The van der Waals surface area contributed by atoms with Crippen molar-refractivity contribution in [2.45, 2.75) is 6.54 Å². The van der Waals surface area contributed by atoms with Crippen LogP contribution in [-0.4, -0.2) is 27.6 Å². The highest BCUT2D eigenvalue weighted by Gasteiger charge is 1.99. The number of H-pyrrole nitrogens is 2. The maximum Gasteiger partial charge on any atom is 0.328 e. The molecule has 1 aromatic carbocycles. The average molecular weight is 247 g/mol. The zero-order chi connectivity index (χ0) is 13.0. The monoisotopic (exact) mass is 247 g/mol. The van der Waals surface area contributed by atoms with Crippen LogP contribution in [0.2, 0.25) is 0 Å². The van der Waals surface area contributed by atoms with Crippen molar-refractivity contribution >= 4 is 17.0 Å². The number of carboxylic acids is 1. The average Bonchev–Trinajstić information content (AvgIpc) is 2.67. The number of hydrogen-bond acceptors (Lipinski definition) is 3. The highest BCUT2D eigenvalue weighted by molar-refractivity contribution is 5.79. The maximum absolute atomic E-state index is 11.1. The molecule has 6 heteroatoms. The van der Waals surface area contributed by atoms with Gasteiger partial charge in [-0.1, -0.05) is 12.1 Å². The molecule has 0 radical (unpaired) electrons. The van der Waals surface area contributed by atoms with Gasteiger partial charge in [-0.05, 0) is 17.7 Å². The van der Waals surface area contributed by atoms with E-state index in [1.54, 1.807) is 6.08 Å². The van der Waals surface area contributed by atoms with Crippen molar-refractivity contribution < 1.29 is 9.90 Å². The normalized spacial score (nSPS) is 11.3. The Morgan fingerprint density at radius 2 is 2.11 bits per heavy atom. The number of imidazole rings is 1. The number of hydrogen-bond donors (Lipinski definition) is 4. The third kappa shape index (κ3) is 3.08. The summed E-state index contributed by atoms with van der Waals surface area (Å²) in [5, 5.41) is 11.5. The van der Waals surface area contributed by atoms with Crippen LogP contribution in [-0.2, 0) is 11.3 Å². The van der Waals surface area contributed by atoms with Crippen molar-refractivity contribution in [2.75, 3.05) is 6.54 Å². The van der Waals surface area contributed by atoms with Gasteiger partial charge in [-0.15, -0.1) is 0 Å². The summed E-state index contributed by atoms with van der Waals surface area (Å²) in [5.74, 6) is -0.955. The summed E-state index contributed by atoms with van der Waals surface area (Å²) >= 11 is 0. The van der Waals surface area contributed by atoms with Crippen LogP contribution in [0.5, 0.6) is 0 Å². The minimum absolute atomic E-state index is 0.223. The van der Waals surface area contributed by atoms with Gasteiger partial charge in [0.25, 0.3) is 0 Å². The Morgan fingerprint density at radius 1 is 1.33 bits per heavy atom. The third-order valence-corrected chi connectivity index (χ3v) is 2.43. The number of carboxylic acid groups (broad SMARTS) is 1. The highest BCUT2D eigenvalue weighted by atomic mass is 16.4. The first-order valence-corrected chi connectivity index (χ1v) is 5.46. The van der Waals surface area contributed by atoms with Crippen LogP contribution < -0.4 is 11.0 Å². The van der Waals surface area contributed by atoms with Gasteiger partial charge in [0.05, 0.1) is 11.0 Å². The van der Waals surface area contributed by atoms with Gasteiger partial charge in [-0.3, -0.25) is 0 Å². The molecule has 1 aromatic heterocycles. The minimum atomic E-state index is -0.955. The number of fused-ring (bicyclic) bond motifs is 1. The standard InChI is InChI=1S/C12H13N3O3/c16-11(17)2-1-5-13-7-8-3-4-9-10(6-8)15-12(18)14-9/h1-4,6,13H,5,7H2,(H,16,17)(H2,14,15,18)/b2-1+. The van der Waals surface area contributed by atoms with Gasteiger partial charge in [-0.2, -0.15) is 0 Å². The first kappa shape index (κ1) is 12.1. The second kappa shape index (κ2) is 5.33. The van der Waals surface area contributed by atoms with Crippen LogP contribution in [0.4, 0.5) is 0 Å². The molecule has 0 fully saturated rings. The molecule has 0 bridgehead atoms. The fourth-order valence-corrected chi connectivity index (χ4v) is 1.65.